The monoisotopic (exact) mass is 355 g/mol. The highest BCUT2D eigenvalue weighted by Gasteiger charge is 2.15. The highest BCUT2D eigenvalue weighted by atomic mass is 35.5. The van der Waals surface area contributed by atoms with Gasteiger partial charge in [-0.2, -0.15) is 4.98 Å². The van der Waals surface area contributed by atoms with Crippen LogP contribution in [0, 0.1) is 6.92 Å². The van der Waals surface area contributed by atoms with Crippen molar-refractivity contribution >= 4 is 35.1 Å². The summed E-state index contributed by atoms with van der Waals surface area (Å²) >= 11 is 5.93. The molecular weight excluding hydrogens is 342 g/mol. The molecule has 0 radical (unpaired) electrons. The van der Waals surface area contributed by atoms with Gasteiger partial charge in [0, 0.05) is 16.3 Å². The fourth-order valence-corrected chi connectivity index (χ4v) is 2.28. The first-order valence-corrected chi connectivity index (χ1v) is 7.80. The van der Waals surface area contributed by atoms with Gasteiger partial charge in [-0.25, -0.2) is 0 Å². The Morgan fingerprint density at radius 1 is 1.04 bits per heavy atom. The van der Waals surface area contributed by atoms with Gasteiger partial charge < -0.3 is 9.73 Å². The van der Waals surface area contributed by atoms with E-state index in [1.54, 1.807) is 42.5 Å². The second-order valence-corrected chi connectivity index (χ2v) is 5.71. The molecule has 0 saturated heterocycles. The quantitative estimate of drug-likeness (QED) is 0.736. The van der Waals surface area contributed by atoms with Gasteiger partial charge in [-0.15, -0.1) is 0 Å². The number of aryl methyl sites for hydroxylation is 1. The van der Waals surface area contributed by atoms with Gasteiger partial charge >= 0.3 is 6.01 Å². The lowest BCUT2D eigenvalue weighted by Crippen LogP contribution is -2.14. The summed E-state index contributed by atoms with van der Waals surface area (Å²) in [6.07, 6.45) is 1.18. The molecule has 0 atom stereocenters. The molecule has 0 aliphatic rings. The Labute approximate surface area is 148 Å². The Kier molecular flexibility index (Phi) is 4.81. The Balaban J connectivity index is 1.69. The molecular formula is C18H14ClN3O3. The largest absolute Gasteiger partial charge is 0.431 e. The van der Waals surface area contributed by atoms with E-state index in [1.807, 2.05) is 13.0 Å². The van der Waals surface area contributed by atoms with Gasteiger partial charge in [0.15, 0.2) is 5.69 Å². The van der Waals surface area contributed by atoms with Crippen LogP contribution in [0.5, 0.6) is 0 Å². The highest BCUT2D eigenvalue weighted by molar-refractivity contribution is 6.31. The first-order chi connectivity index (χ1) is 12.0. The predicted octanol–water partition coefficient (Wildman–Crippen LogP) is 4.14. The van der Waals surface area contributed by atoms with Crippen molar-refractivity contribution in [3.63, 3.8) is 0 Å². The smallest absolute Gasteiger partial charge is 0.302 e. The standard InChI is InChI=1S/C18H14ClN3O3/c1-11-7-8-13(19)9-14(11)20-17(24)15-10-25-18(21-15)22-16(23)12-5-3-2-4-6-12/h2-10H,1H3,(H,20,24)(H,21,22,23). The SMILES string of the molecule is Cc1ccc(Cl)cc1NC(=O)c1coc(NC(=O)c2ccccc2)n1. The van der Waals surface area contributed by atoms with Gasteiger partial charge in [0.2, 0.25) is 0 Å². The molecule has 2 N–H and O–H groups in total. The molecule has 0 aliphatic carbocycles. The molecule has 2 amide bonds. The number of nitrogens with one attached hydrogen (secondary N) is 2. The molecule has 6 nitrogen and oxygen atoms in total. The first-order valence-electron chi connectivity index (χ1n) is 7.42. The number of amides is 2. The third kappa shape index (κ3) is 4.05. The number of hydrogen-bond donors (Lipinski definition) is 2. The molecule has 3 rings (SSSR count). The minimum absolute atomic E-state index is 0.0442. The van der Waals surface area contributed by atoms with Crippen molar-refractivity contribution in [2.45, 2.75) is 6.92 Å². The highest BCUT2D eigenvalue weighted by Crippen LogP contribution is 2.21. The van der Waals surface area contributed by atoms with Gasteiger partial charge in [0.05, 0.1) is 0 Å². The summed E-state index contributed by atoms with van der Waals surface area (Å²) < 4.78 is 5.14. The molecule has 0 bridgehead atoms. The molecule has 0 spiro atoms. The lowest BCUT2D eigenvalue weighted by atomic mass is 10.2. The number of rotatable bonds is 4. The van der Waals surface area contributed by atoms with Crippen molar-refractivity contribution in [3.05, 3.63) is 76.6 Å². The third-order valence-corrected chi connectivity index (χ3v) is 3.68. The molecule has 2 aromatic carbocycles. The molecule has 25 heavy (non-hydrogen) atoms. The van der Waals surface area contributed by atoms with Crippen molar-refractivity contribution in [1.29, 1.82) is 0 Å². The van der Waals surface area contributed by atoms with Crippen LogP contribution < -0.4 is 10.6 Å². The number of oxazole rings is 1. The van der Waals surface area contributed by atoms with Crippen LogP contribution in [-0.4, -0.2) is 16.8 Å². The van der Waals surface area contributed by atoms with Crippen molar-refractivity contribution in [2.24, 2.45) is 0 Å². The van der Waals surface area contributed by atoms with Crippen molar-refractivity contribution in [1.82, 2.24) is 4.98 Å². The molecule has 126 valence electrons. The van der Waals surface area contributed by atoms with Crippen LogP contribution in [0.1, 0.15) is 26.4 Å². The summed E-state index contributed by atoms with van der Waals surface area (Å²) in [7, 11) is 0. The summed E-state index contributed by atoms with van der Waals surface area (Å²) in [6.45, 7) is 1.85. The van der Waals surface area contributed by atoms with E-state index in [0.717, 1.165) is 5.56 Å². The molecule has 0 unspecified atom stereocenters. The molecule has 3 aromatic rings. The maximum atomic E-state index is 12.3. The summed E-state index contributed by atoms with van der Waals surface area (Å²) in [4.78, 5) is 28.3. The van der Waals surface area contributed by atoms with E-state index in [0.29, 0.717) is 16.3 Å². The van der Waals surface area contributed by atoms with Gasteiger partial charge in [-0.05, 0) is 36.8 Å². The van der Waals surface area contributed by atoms with Crippen molar-refractivity contribution < 1.29 is 14.0 Å². The zero-order valence-corrected chi connectivity index (χ0v) is 14.0. The van der Waals surface area contributed by atoms with Gasteiger partial charge in [0.25, 0.3) is 11.8 Å². The third-order valence-electron chi connectivity index (χ3n) is 3.44. The Morgan fingerprint density at radius 3 is 2.56 bits per heavy atom. The maximum absolute atomic E-state index is 12.3. The Morgan fingerprint density at radius 2 is 1.80 bits per heavy atom. The summed E-state index contributed by atoms with van der Waals surface area (Å²) in [6, 6.07) is 13.7. The molecule has 0 aliphatic heterocycles. The minimum atomic E-state index is -0.464. The average molecular weight is 356 g/mol. The second kappa shape index (κ2) is 7.19. The number of anilines is 2. The number of hydrogen-bond acceptors (Lipinski definition) is 4. The summed E-state index contributed by atoms with van der Waals surface area (Å²) in [5.41, 5.74) is 1.94. The van der Waals surface area contributed by atoms with Crippen LogP contribution in [0.15, 0.2) is 59.2 Å². The maximum Gasteiger partial charge on any atom is 0.302 e. The van der Waals surface area contributed by atoms with Gasteiger partial charge in [-0.1, -0.05) is 35.9 Å². The van der Waals surface area contributed by atoms with Crippen LogP contribution in [0.25, 0.3) is 0 Å². The van der Waals surface area contributed by atoms with Crippen LogP contribution in [0.2, 0.25) is 5.02 Å². The Bertz CT molecular complexity index is 922. The van der Waals surface area contributed by atoms with Crippen LogP contribution in [0.4, 0.5) is 11.7 Å². The fraction of sp³-hybridized carbons (Fsp3) is 0.0556. The van der Waals surface area contributed by atoms with E-state index in [2.05, 4.69) is 15.6 Å². The van der Waals surface area contributed by atoms with Crippen molar-refractivity contribution in [3.8, 4) is 0 Å². The average Bonchev–Trinajstić information content (AvgIpc) is 3.07. The summed E-state index contributed by atoms with van der Waals surface area (Å²) in [5.74, 6) is -0.838. The minimum Gasteiger partial charge on any atom is -0.431 e. The second-order valence-electron chi connectivity index (χ2n) is 5.27. The summed E-state index contributed by atoms with van der Waals surface area (Å²) in [5, 5.41) is 5.72. The van der Waals surface area contributed by atoms with E-state index >= 15 is 0 Å². The van der Waals surface area contributed by atoms with E-state index in [4.69, 9.17) is 16.0 Å². The number of carbonyl (C=O) groups excluding carboxylic acids is 2. The topological polar surface area (TPSA) is 84.2 Å². The normalized spacial score (nSPS) is 10.3. The van der Waals surface area contributed by atoms with Crippen molar-refractivity contribution in [2.75, 3.05) is 10.6 Å². The predicted molar refractivity (Wildman–Crippen MR) is 95.0 cm³/mol. The number of benzene rings is 2. The molecule has 1 heterocycles. The number of carbonyl (C=O) groups is 2. The van der Waals surface area contributed by atoms with E-state index in [1.165, 1.54) is 6.26 Å². The lowest BCUT2D eigenvalue weighted by molar-refractivity contribution is 0.101. The Hall–Kier alpha value is -3.12. The molecule has 0 saturated carbocycles. The van der Waals surface area contributed by atoms with E-state index in [-0.39, 0.29) is 17.6 Å². The van der Waals surface area contributed by atoms with Gasteiger partial charge in [0.1, 0.15) is 6.26 Å². The van der Waals surface area contributed by atoms with E-state index in [9.17, 15) is 9.59 Å². The van der Waals surface area contributed by atoms with Gasteiger partial charge in [-0.3, -0.25) is 14.9 Å². The first kappa shape index (κ1) is 16.7. The molecule has 1 aromatic heterocycles. The molecule has 7 heteroatoms. The number of aromatic nitrogens is 1. The fourth-order valence-electron chi connectivity index (χ4n) is 2.11. The lowest BCUT2D eigenvalue weighted by Gasteiger charge is -2.06. The van der Waals surface area contributed by atoms with Crippen LogP contribution in [-0.2, 0) is 0 Å². The van der Waals surface area contributed by atoms with Crippen LogP contribution >= 0.6 is 11.6 Å². The number of halogens is 1. The molecule has 0 fully saturated rings. The zero-order valence-electron chi connectivity index (χ0n) is 13.2. The van der Waals surface area contributed by atoms with E-state index < -0.39 is 5.91 Å². The number of nitrogens with zero attached hydrogens (tertiary/aromatic N) is 1. The van der Waals surface area contributed by atoms with Crippen LogP contribution in [0.3, 0.4) is 0 Å². The zero-order chi connectivity index (χ0) is 17.8.